The van der Waals surface area contributed by atoms with Crippen LogP contribution in [0.15, 0.2) is 0 Å². The summed E-state index contributed by atoms with van der Waals surface area (Å²) in [6.07, 6.45) is 38.2. The molecule has 780 valence electrons. The monoisotopic (exact) mass is 1920 g/mol. The zero-order valence-corrected chi connectivity index (χ0v) is 89.9. The molecular formula is C126H204O12. The summed E-state index contributed by atoms with van der Waals surface area (Å²) in [6.45, 7) is 36.7. The molecule has 12 heteroatoms. The molecule has 0 aromatic carbocycles. The molecule has 6 N–H and O–H groups in total. The molecule has 24 aliphatic carbocycles. The Labute approximate surface area is 857 Å². The van der Waals surface area contributed by atoms with E-state index < -0.39 is 66.0 Å². The normalized spacial score (nSPS) is 61.2. The van der Waals surface area contributed by atoms with Crippen molar-refractivity contribution in [2.75, 3.05) is 0 Å². The summed E-state index contributed by atoms with van der Waals surface area (Å²) in [4.78, 5) is 73.9. The van der Waals surface area contributed by atoms with Gasteiger partial charge in [0, 0.05) is 51.9 Å². The molecule has 0 aromatic heterocycles. The van der Waals surface area contributed by atoms with E-state index in [0.717, 1.165) is 223 Å². The Hall–Kier alpha value is -2.22. The maximum Gasteiger partial charge on any atom is 0.133 e. The molecule has 138 heavy (non-hydrogen) atoms. The van der Waals surface area contributed by atoms with Gasteiger partial charge in [0.25, 0.3) is 0 Å². The van der Waals surface area contributed by atoms with Crippen molar-refractivity contribution in [3.05, 3.63) is 0 Å². The van der Waals surface area contributed by atoms with Gasteiger partial charge in [-0.15, -0.1) is 0 Å². The molecule has 24 fully saturated rings. The molecule has 1 unspecified atom stereocenters. The number of hydrogen-bond acceptors (Lipinski definition) is 12. The zero-order chi connectivity index (χ0) is 110. The molecule has 0 radical (unpaired) electrons. The van der Waals surface area contributed by atoms with E-state index in [1.807, 2.05) is 13.8 Å². The summed E-state index contributed by atoms with van der Waals surface area (Å²) in [7, 11) is 0. The average Bonchev–Trinajstić information content (AvgIpc) is 1.63. The average molecular weight is 1920 g/mol. The highest BCUT2D eigenvalue weighted by atomic mass is 16.3. The molecule has 24 rings (SSSR count). The fourth-order valence-corrected chi connectivity index (χ4v) is 43.9. The van der Waals surface area contributed by atoms with Crippen molar-refractivity contribution >= 4 is 34.7 Å². The third-order valence-corrected chi connectivity index (χ3v) is 51.6. The third-order valence-electron chi connectivity index (χ3n) is 51.6. The van der Waals surface area contributed by atoms with Gasteiger partial charge in [-0.1, -0.05) is 83.1 Å². The van der Waals surface area contributed by atoms with Gasteiger partial charge < -0.3 is 30.6 Å². The Morgan fingerprint density at radius 3 is 0.804 bits per heavy atom. The minimum Gasteiger partial charge on any atom is -0.393 e. The minimum atomic E-state index is -2.04. The summed E-state index contributed by atoms with van der Waals surface area (Å²) >= 11 is 0. The van der Waals surface area contributed by atoms with Gasteiger partial charge in [0.1, 0.15) is 34.7 Å². The van der Waals surface area contributed by atoms with E-state index >= 15 is 0 Å². The lowest BCUT2D eigenvalue weighted by Gasteiger charge is -2.60. The van der Waals surface area contributed by atoms with Gasteiger partial charge in [0.15, 0.2) is 0 Å². The standard InChI is InChI=1S/6C21H34O2/c6*1-13(22)17-6-7-18-16-5-4-14-12-15(23)8-10-20(14,2)19(16)9-11-21(17,18)3/h6*14-19,23H,4-12H2,1-3H3/t2*14-,15+,16-,17+,18-,19-,20-,21+;14-,15-,16+,17?,18+,19+,20+,21-;3*14-,15-,16+,17-,18+,19+,20+,21-/m001111/s1/i9D2,15D;17D;11D2,19D;9D2,11D2;2*17D. The maximum absolute atomic E-state index is 12.4. The first kappa shape index (κ1) is 88.7. The van der Waals surface area contributed by atoms with E-state index in [9.17, 15) is 60.8 Å². The molecule has 0 bridgehead atoms. The van der Waals surface area contributed by atoms with Crippen LogP contribution in [0.3, 0.4) is 0 Å². The summed E-state index contributed by atoms with van der Waals surface area (Å²) in [5, 5.41) is 61.0. The Kier molecular flexibility index (Phi) is 24.8. The van der Waals surface area contributed by atoms with Gasteiger partial charge >= 0.3 is 0 Å². The second-order valence-electron chi connectivity index (χ2n) is 56.8. The van der Waals surface area contributed by atoms with Crippen molar-refractivity contribution in [1.82, 2.24) is 0 Å². The predicted octanol–water partition coefficient (Wildman–Crippen LogP) is 27.6. The fraction of sp³-hybridized carbons (Fsp3) is 0.952. The van der Waals surface area contributed by atoms with E-state index in [1.54, 1.807) is 41.5 Å². The van der Waals surface area contributed by atoms with E-state index in [1.165, 1.54) is 77.0 Å². The topological polar surface area (TPSA) is 224 Å². The lowest BCUT2D eigenvalue weighted by Crippen LogP contribution is -2.54. The number of carbonyl (C=O) groups excluding carboxylic acids is 6. The van der Waals surface area contributed by atoms with Crippen LogP contribution < -0.4 is 0 Å². The van der Waals surface area contributed by atoms with Crippen LogP contribution >= 0.6 is 0 Å². The molecule has 0 spiro atoms. The second kappa shape index (κ2) is 38.7. The Balaban J connectivity index is 0.000000114. The van der Waals surface area contributed by atoms with Crippen molar-refractivity contribution in [1.29, 1.82) is 0 Å². The van der Waals surface area contributed by atoms with Crippen molar-refractivity contribution in [2.24, 2.45) is 242 Å². The predicted molar refractivity (Wildman–Crippen MR) is 551 cm³/mol. The second-order valence-corrected chi connectivity index (χ2v) is 56.8. The molecule has 0 amide bonds. The zero-order valence-electron chi connectivity index (χ0n) is 103. The summed E-state index contributed by atoms with van der Waals surface area (Å²) in [6, 6.07) is 0. The van der Waals surface area contributed by atoms with E-state index in [2.05, 4.69) is 69.2 Å². The molecule has 0 aliphatic heterocycles. The molecular weight excluding hydrogens is 1710 g/mol. The highest BCUT2D eigenvalue weighted by molar-refractivity contribution is 5.82. The van der Waals surface area contributed by atoms with Crippen LogP contribution in [0.5, 0.6) is 0 Å². The van der Waals surface area contributed by atoms with Crippen molar-refractivity contribution in [2.45, 2.75) is 508 Å². The number of aliphatic hydroxyl groups is 6. The Morgan fingerprint density at radius 2 is 0.457 bits per heavy atom. The lowest BCUT2D eigenvalue weighted by molar-refractivity contribution is -0.138. The van der Waals surface area contributed by atoms with E-state index in [0.29, 0.717) is 119 Å². The quantitative estimate of drug-likeness (QED) is 0.146. The van der Waals surface area contributed by atoms with Crippen LogP contribution in [0.25, 0.3) is 0 Å². The molecule has 0 saturated heterocycles. The number of carbonyl (C=O) groups is 6. The van der Waals surface area contributed by atoms with Gasteiger partial charge in [0.05, 0.1) is 38.0 Å². The number of ketones is 6. The minimum absolute atomic E-state index is 0.00590. The van der Waals surface area contributed by atoms with E-state index in [4.69, 9.17) is 16.4 Å². The smallest absolute Gasteiger partial charge is 0.133 e. The molecule has 48 atom stereocenters. The van der Waals surface area contributed by atoms with Crippen LogP contribution in [0.2, 0.25) is 0 Å². The van der Waals surface area contributed by atoms with Crippen LogP contribution in [0.4, 0.5) is 0 Å². The van der Waals surface area contributed by atoms with Gasteiger partial charge in [-0.05, 0) is 595 Å². The van der Waals surface area contributed by atoms with Crippen molar-refractivity contribution in [3.8, 4) is 0 Å². The van der Waals surface area contributed by atoms with Crippen molar-refractivity contribution < 1.29 is 77.2 Å². The molecule has 24 saturated carbocycles. The largest absolute Gasteiger partial charge is 0.393 e. The van der Waals surface area contributed by atoms with Crippen LogP contribution in [-0.2, 0) is 28.8 Å². The van der Waals surface area contributed by atoms with Gasteiger partial charge in [-0.25, -0.2) is 0 Å². The summed E-state index contributed by atoms with van der Waals surface area (Å²) < 4.78 is 117. The molecule has 0 aromatic rings. The Bertz CT molecular complexity index is 4880. The van der Waals surface area contributed by atoms with Crippen LogP contribution in [0, 0.1) is 242 Å². The molecule has 12 nitrogen and oxygen atoms in total. The fourth-order valence-electron chi connectivity index (χ4n) is 43.9. The SMILES string of the molecule is [2H]C1([2H])C[C@@]2([2H])[C@@H](CC[C@@H]3C[C@H](O)CC[C@@]32C)[C@@H]2CCC(C(C)=O)[C@]21C.[2H]C1([2H])C[C@]2(C)[C@@H](C(C)=O)CC[C@H]2[C@@H]2CC[C@H]3C[C@]([2H])(O)CC[C@]3(C)[C@H]21.[2H]C1([2H])[C@H]2[C@@H](CC[C@@H]3C[C@H](O)CC[C@@]32C)[C@@H]2CC[C@H](C(C)=O)[C@@]2(C)C1([2H])[2H].[2H][C@]1(C(C)=O)CC[C@H]2[C@@H]3CC[C@@H]4C[C@H](O)CC[C@]4(C)[C@H]3CC[C@@]21C.[2H][C@]1(C(C)=O)CC[C@H]2[C@@H]3CC[C@@H]4C[C@H](O)CC[C@]4(C)[C@H]3CC[C@@]21C.[2H][C@]1(C(C)=O)CC[C@H]2[C@@H]3CC[C@H]4C[C@H](O)CC[C@]4(C)[C@H]3CC[C@@]21C. The summed E-state index contributed by atoms with van der Waals surface area (Å²) in [5.41, 5.74) is -1.59. The number of rotatable bonds is 6. The number of fused-ring (bicyclic) bond motifs is 30. The van der Waals surface area contributed by atoms with Crippen LogP contribution in [-0.4, -0.2) is 102 Å². The third kappa shape index (κ3) is 17.2. The number of aliphatic hydroxyl groups excluding tert-OH is 5. The number of hydrogen-bond donors (Lipinski definition) is 6. The van der Waals surface area contributed by atoms with Crippen molar-refractivity contribution in [3.63, 3.8) is 0 Å². The van der Waals surface area contributed by atoms with Gasteiger partial charge in [-0.2, -0.15) is 0 Å². The Morgan fingerprint density at radius 1 is 0.210 bits per heavy atom. The summed E-state index contributed by atoms with van der Waals surface area (Å²) in [5.74, 6) is 6.59. The molecule has 24 aliphatic rings. The first-order chi connectivity index (χ1) is 69.9. The highest BCUT2D eigenvalue weighted by Crippen LogP contribution is 2.76. The highest BCUT2D eigenvalue weighted by Gasteiger charge is 2.70. The van der Waals surface area contributed by atoms with E-state index in [-0.39, 0.29) is 175 Å². The van der Waals surface area contributed by atoms with Gasteiger partial charge in [-0.3, -0.25) is 28.8 Å². The first-order valence-corrected chi connectivity index (χ1v) is 58.6. The molecule has 0 heterocycles. The van der Waals surface area contributed by atoms with Crippen LogP contribution in [0.1, 0.15) is 489 Å². The first-order valence-electron chi connectivity index (χ1n) is 65.1. The number of Topliss-reactive ketones (excluding diaryl/α,β-unsaturated/α-hetero) is 6. The maximum atomic E-state index is 12.4. The van der Waals surface area contributed by atoms with Gasteiger partial charge in [0.2, 0.25) is 0 Å². The lowest BCUT2D eigenvalue weighted by atomic mass is 9.44.